The molecule has 0 spiro atoms. The number of rotatable bonds is 5. The van der Waals surface area contributed by atoms with Gasteiger partial charge in [-0.1, -0.05) is 60.8 Å². The Morgan fingerprint density at radius 3 is 2.24 bits per heavy atom. The molecule has 0 aromatic rings. The first-order valence-electron chi connectivity index (χ1n) is 7.94. The van der Waals surface area contributed by atoms with Gasteiger partial charge in [0.15, 0.2) is 0 Å². The molecular weight excluding hydrogens is 204 g/mol. The number of hydrogen-bond donors (Lipinski definition) is 0. The topological polar surface area (TPSA) is 0 Å². The molecule has 4 unspecified atom stereocenters. The number of hydrogen-bond acceptors (Lipinski definition) is 0. The van der Waals surface area contributed by atoms with Gasteiger partial charge in [-0.05, 0) is 48.3 Å². The van der Waals surface area contributed by atoms with E-state index >= 15 is 0 Å². The van der Waals surface area contributed by atoms with E-state index in [1.54, 1.807) is 0 Å². The lowest BCUT2D eigenvalue weighted by molar-refractivity contribution is 0.000838. The van der Waals surface area contributed by atoms with Crippen LogP contribution in [0, 0.1) is 29.1 Å². The van der Waals surface area contributed by atoms with Crippen LogP contribution in [0.1, 0.15) is 80.1 Å². The van der Waals surface area contributed by atoms with Crippen molar-refractivity contribution in [1.29, 1.82) is 0 Å². The summed E-state index contributed by atoms with van der Waals surface area (Å²) < 4.78 is 0. The zero-order chi connectivity index (χ0) is 13.1. The van der Waals surface area contributed by atoms with Crippen LogP contribution in [0.4, 0.5) is 0 Å². The minimum absolute atomic E-state index is 0.640. The molecule has 1 fully saturated rings. The van der Waals surface area contributed by atoms with Crippen molar-refractivity contribution in [2.45, 2.75) is 80.1 Å². The van der Waals surface area contributed by atoms with Crippen LogP contribution in [-0.4, -0.2) is 0 Å². The number of unbranched alkanes of at least 4 members (excludes halogenated alkanes) is 1. The third-order valence-corrected chi connectivity index (χ3v) is 5.86. The summed E-state index contributed by atoms with van der Waals surface area (Å²) in [5.74, 6) is 3.64. The monoisotopic (exact) mass is 238 g/mol. The highest BCUT2D eigenvalue weighted by Gasteiger charge is 2.43. The van der Waals surface area contributed by atoms with Crippen molar-refractivity contribution in [3.05, 3.63) is 0 Å². The molecule has 0 nitrogen and oxygen atoms in total. The van der Waals surface area contributed by atoms with E-state index in [9.17, 15) is 0 Å². The Bertz CT molecular complexity index is 218. The summed E-state index contributed by atoms with van der Waals surface area (Å²) in [7, 11) is 0. The molecule has 0 saturated heterocycles. The van der Waals surface area contributed by atoms with Crippen LogP contribution in [0.3, 0.4) is 0 Å². The molecule has 0 aliphatic heterocycles. The lowest BCUT2D eigenvalue weighted by atomic mass is 9.55. The summed E-state index contributed by atoms with van der Waals surface area (Å²) >= 11 is 0. The molecule has 1 aliphatic rings. The lowest BCUT2D eigenvalue weighted by Crippen LogP contribution is -2.41. The molecule has 102 valence electrons. The van der Waals surface area contributed by atoms with E-state index in [-0.39, 0.29) is 0 Å². The molecule has 0 radical (unpaired) electrons. The van der Waals surface area contributed by atoms with Gasteiger partial charge in [-0.25, -0.2) is 0 Å². The van der Waals surface area contributed by atoms with Crippen LogP contribution in [-0.2, 0) is 0 Å². The molecule has 0 aromatic carbocycles. The van der Waals surface area contributed by atoms with Crippen LogP contribution in [0.2, 0.25) is 0 Å². The average Bonchev–Trinajstić information content (AvgIpc) is 2.29. The Morgan fingerprint density at radius 2 is 1.76 bits per heavy atom. The normalized spacial score (nSPS) is 36.2. The van der Waals surface area contributed by atoms with Gasteiger partial charge in [0.1, 0.15) is 0 Å². The maximum absolute atomic E-state index is 2.53. The van der Waals surface area contributed by atoms with Crippen molar-refractivity contribution in [3.63, 3.8) is 0 Å². The van der Waals surface area contributed by atoms with Crippen LogP contribution in [0.15, 0.2) is 0 Å². The summed E-state index contributed by atoms with van der Waals surface area (Å²) in [4.78, 5) is 0. The zero-order valence-electron chi connectivity index (χ0n) is 13.1. The van der Waals surface area contributed by atoms with Gasteiger partial charge in [0.25, 0.3) is 0 Å². The summed E-state index contributed by atoms with van der Waals surface area (Å²) in [5.41, 5.74) is 0.640. The minimum Gasteiger partial charge on any atom is -0.0654 e. The predicted octanol–water partition coefficient (Wildman–Crippen LogP) is 5.91. The molecule has 0 heteroatoms. The Balaban J connectivity index is 2.75. The van der Waals surface area contributed by atoms with Crippen molar-refractivity contribution in [3.8, 4) is 0 Å². The van der Waals surface area contributed by atoms with E-state index in [2.05, 4.69) is 41.5 Å². The van der Waals surface area contributed by atoms with Crippen molar-refractivity contribution in [2.75, 3.05) is 0 Å². The second kappa shape index (κ2) is 6.25. The molecule has 4 atom stereocenters. The van der Waals surface area contributed by atoms with Gasteiger partial charge >= 0.3 is 0 Å². The highest BCUT2D eigenvalue weighted by Crippen LogP contribution is 2.52. The van der Waals surface area contributed by atoms with Crippen LogP contribution >= 0.6 is 0 Å². The Hall–Kier alpha value is 0. The maximum Gasteiger partial charge on any atom is -0.0246 e. The molecule has 1 rings (SSSR count). The zero-order valence-corrected chi connectivity index (χ0v) is 13.1. The van der Waals surface area contributed by atoms with Crippen molar-refractivity contribution in [2.24, 2.45) is 29.1 Å². The van der Waals surface area contributed by atoms with E-state index in [1.807, 2.05) is 0 Å². The summed E-state index contributed by atoms with van der Waals surface area (Å²) in [6, 6.07) is 0. The molecule has 0 amide bonds. The molecule has 0 heterocycles. The Morgan fingerprint density at radius 1 is 1.12 bits per heavy atom. The highest BCUT2D eigenvalue weighted by molar-refractivity contribution is 4.93. The van der Waals surface area contributed by atoms with Crippen molar-refractivity contribution < 1.29 is 0 Å². The molecule has 0 bridgehead atoms. The van der Waals surface area contributed by atoms with Gasteiger partial charge < -0.3 is 0 Å². The van der Waals surface area contributed by atoms with Gasteiger partial charge in [0.2, 0.25) is 0 Å². The summed E-state index contributed by atoms with van der Waals surface area (Å²) in [6.45, 7) is 14.7. The highest BCUT2D eigenvalue weighted by atomic mass is 14.5. The van der Waals surface area contributed by atoms with Gasteiger partial charge in [0.05, 0.1) is 0 Å². The fourth-order valence-corrected chi connectivity index (χ4v) is 4.02. The third kappa shape index (κ3) is 3.26. The first-order chi connectivity index (χ1) is 7.94. The third-order valence-electron chi connectivity index (χ3n) is 5.86. The molecule has 17 heavy (non-hydrogen) atoms. The first-order valence-corrected chi connectivity index (χ1v) is 7.94. The van der Waals surface area contributed by atoms with E-state index in [4.69, 9.17) is 0 Å². The van der Waals surface area contributed by atoms with E-state index in [0.717, 1.165) is 23.7 Å². The Kier molecular flexibility index (Phi) is 5.54. The largest absolute Gasteiger partial charge is 0.0654 e. The minimum atomic E-state index is 0.640. The van der Waals surface area contributed by atoms with E-state index in [1.165, 1.54) is 38.5 Å². The van der Waals surface area contributed by atoms with Crippen LogP contribution in [0.25, 0.3) is 0 Å². The quantitative estimate of drug-likeness (QED) is 0.558. The maximum atomic E-state index is 2.53. The van der Waals surface area contributed by atoms with E-state index < -0.39 is 0 Å². The smallest absolute Gasteiger partial charge is 0.0246 e. The SMILES string of the molecule is CCCCC(C)C1(C(C)C)CCC(C)C(C)C1. The second-order valence-corrected chi connectivity index (χ2v) is 7.13. The van der Waals surface area contributed by atoms with Crippen molar-refractivity contribution in [1.82, 2.24) is 0 Å². The van der Waals surface area contributed by atoms with Gasteiger partial charge in [0, 0.05) is 0 Å². The molecule has 0 aromatic heterocycles. The van der Waals surface area contributed by atoms with Crippen LogP contribution < -0.4 is 0 Å². The molecule has 1 aliphatic carbocycles. The van der Waals surface area contributed by atoms with Crippen molar-refractivity contribution >= 4 is 0 Å². The predicted molar refractivity (Wildman–Crippen MR) is 78.1 cm³/mol. The van der Waals surface area contributed by atoms with Gasteiger partial charge in [-0.2, -0.15) is 0 Å². The standard InChI is InChI=1S/C17H34/c1-7-8-9-16(6)17(13(2)3)11-10-14(4)15(5)12-17/h13-16H,7-12H2,1-6H3. The van der Waals surface area contributed by atoms with Crippen LogP contribution in [0.5, 0.6) is 0 Å². The summed E-state index contributed by atoms with van der Waals surface area (Å²) in [6.07, 6.45) is 8.60. The van der Waals surface area contributed by atoms with Gasteiger partial charge in [-0.3, -0.25) is 0 Å². The fourth-order valence-electron chi connectivity index (χ4n) is 4.02. The fraction of sp³-hybridized carbons (Fsp3) is 1.00. The van der Waals surface area contributed by atoms with Gasteiger partial charge in [-0.15, -0.1) is 0 Å². The van der Waals surface area contributed by atoms with E-state index in [0.29, 0.717) is 5.41 Å². The molecular formula is C17H34. The molecule has 1 saturated carbocycles. The Labute approximate surface area is 110 Å². The second-order valence-electron chi connectivity index (χ2n) is 7.13. The molecule has 0 N–H and O–H groups in total. The lowest BCUT2D eigenvalue weighted by Gasteiger charge is -2.50. The first kappa shape index (κ1) is 15.1. The average molecular weight is 238 g/mol. The summed E-state index contributed by atoms with van der Waals surface area (Å²) in [5, 5.41) is 0.